The highest BCUT2D eigenvalue weighted by atomic mass is 31.2. The maximum atomic E-state index is 12.0. The quantitative estimate of drug-likeness (QED) is 0.210. The summed E-state index contributed by atoms with van der Waals surface area (Å²) < 4.78 is 32.6. The van der Waals surface area contributed by atoms with Crippen LogP contribution in [0.2, 0.25) is 0 Å². The van der Waals surface area contributed by atoms with Gasteiger partial charge < -0.3 is 18.9 Å². The number of esters is 2. The van der Waals surface area contributed by atoms with Crippen LogP contribution in [0.4, 0.5) is 0 Å². The van der Waals surface area contributed by atoms with Crippen LogP contribution >= 0.6 is 7.82 Å². The van der Waals surface area contributed by atoms with Crippen LogP contribution in [-0.2, 0) is 32.7 Å². The lowest BCUT2D eigenvalue weighted by atomic mass is 10.3. The second-order valence-electron chi connectivity index (χ2n) is 7.17. The Kier molecular flexibility index (Phi) is 14.1. The maximum absolute atomic E-state index is 12.0. The topological polar surface area (TPSA) is 108 Å². The number of phosphoric ester groups is 1. The average molecular weight is 446 g/mol. The fraction of sp³-hybridized carbons (Fsp3) is 0.700. The zero-order valence-corrected chi connectivity index (χ0v) is 19.3. The second kappa shape index (κ2) is 15.0. The third kappa shape index (κ3) is 17.0. The molecule has 2 atom stereocenters. The van der Waals surface area contributed by atoms with Gasteiger partial charge in [-0.25, -0.2) is 4.57 Å². The summed E-state index contributed by atoms with van der Waals surface area (Å²) in [6, 6.07) is 0. The molecule has 0 aromatic heterocycles. The maximum Gasteiger partial charge on any atom is 0.472 e. The van der Waals surface area contributed by atoms with Gasteiger partial charge in [-0.1, -0.05) is 25.7 Å². The van der Waals surface area contributed by atoms with E-state index in [-0.39, 0.29) is 26.1 Å². The normalized spacial score (nSPS) is 13.7. The molecule has 0 aliphatic heterocycles. The van der Waals surface area contributed by atoms with Gasteiger partial charge in [0.15, 0.2) is 6.10 Å². The molecule has 30 heavy (non-hydrogen) atoms. The van der Waals surface area contributed by atoms with Crippen molar-refractivity contribution in [1.29, 1.82) is 0 Å². The second-order valence-corrected chi connectivity index (χ2v) is 8.63. The van der Waals surface area contributed by atoms with Gasteiger partial charge in [0, 0.05) is 12.8 Å². The summed E-state index contributed by atoms with van der Waals surface area (Å²) in [5.74, 6) is 9.48. The lowest BCUT2D eigenvalue weighted by Gasteiger charge is -2.24. The molecule has 1 unspecified atom stereocenters. The molecule has 0 fully saturated rings. The highest BCUT2D eigenvalue weighted by Gasteiger charge is 2.26. The minimum Gasteiger partial charge on any atom is -0.461 e. The zero-order valence-electron chi connectivity index (χ0n) is 18.4. The Morgan fingerprint density at radius 2 is 1.50 bits per heavy atom. The number of phosphoric acid groups is 1. The van der Waals surface area contributed by atoms with E-state index < -0.39 is 32.5 Å². The first-order valence-corrected chi connectivity index (χ1v) is 11.2. The molecule has 10 heteroatoms. The van der Waals surface area contributed by atoms with Crippen molar-refractivity contribution in [3.63, 3.8) is 0 Å². The first-order valence-electron chi connectivity index (χ1n) is 9.68. The predicted molar refractivity (Wildman–Crippen MR) is 111 cm³/mol. The van der Waals surface area contributed by atoms with Crippen molar-refractivity contribution in [1.82, 2.24) is 0 Å². The van der Waals surface area contributed by atoms with Gasteiger partial charge in [0.05, 0.1) is 27.7 Å². The third-order valence-electron chi connectivity index (χ3n) is 3.24. The molecule has 0 radical (unpaired) electrons. The Morgan fingerprint density at radius 3 is 2.03 bits per heavy atom. The van der Waals surface area contributed by atoms with Gasteiger partial charge in [-0.3, -0.25) is 18.6 Å². The van der Waals surface area contributed by atoms with Gasteiger partial charge >= 0.3 is 19.8 Å². The van der Waals surface area contributed by atoms with E-state index in [2.05, 4.69) is 23.7 Å². The van der Waals surface area contributed by atoms with Crippen molar-refractivity contribution in [3.8, 4) is 23.7 Å². The summed E-state index contributed by atoms with van der Waals surface area (Å²) in [5.41, 5.74) is 0. The monoisotopic (exact) mass is 446 g/mol. The number of quaternary nitrogens is 1. The minimum absolute atomic E-state index is 0.000572. The Morgan fingerprint density at radius 1 is 0.933 bits per heavy atom. The van der Waals surface area contributed by atoms with Crippen molar-refractivity contribution >= 4 is 19.8 Å². The number of hydrogen-bond donors (Lipinski definition) is 1. The van der Waals surface area contributed by atoms with Crippen molar-refractivity contribution in [2.45, 2.75) is 45.6 Å². The van der Waals surface area contributed by atoms with Gasteiger partial charge in [0.25, 0.3) is 0 Å². The van der Waals surface area contributed by atoms with Crippen LogP contribution in [0, 0.1) is 23.7 Å². The highest BCUT2D eigenvalue weighted by Crippen LogP contribution is 2.43. The number of likely N-dealkylation sites (N-methyl/N-ethyl adjacent to an activating group) is 1. The number of rotatable bonds is 12. The average Bonchev–Trinajstić information content (AvgIpc) is 2.63. The van der Waals surface area contributed by atoms with Crippen LogP contribution in [0.3, 0.4) is 0 Å². The minimum atomic E-state index is -4.36. The largest absolute Gasteiger partial charge is 0.472 e. The Labute approximate surface area is 179 Å². The molecule has 0 saturated heterocycles. The van der Waals surface area contributed by atoms with E-state index in [1.807, 2.05) is 35.0 Å². The molecule has 9 nitrogen and oxygen atoms in total. The molecule has 0 aliphatic carbocycles. The van der Waals surface area contributed by atoms with Crippen molar-refractivity contribution in [3.05, 3.63) is 0 Å². The molecule has 0 aliphatic rings. The summed E-state index contributed by atoms with van der Waals surface area (Å²) in [6.07, 6.45) is -0.151. The number of carbonyl (C=O) groups excluding carboxylic acids is 2. The van der Waals surface area contributed by atoms with Crippen molar-refractivity contribution in [2.24, 2.45) is 0 Å². The van der Waals surface area contributed by atoms with Gasteiger partial charge in [-0.05, 0) is 0 Å². The number of hydrogen-bond acceptors (Lipinski definition) is 7. The molecular formula is C20H33NO8P+. The summed E-state index contributed by atoms with van der Waals surface area (Å²) >= 11 is 0. The van der Waals surface area contributed by atoms with Crippen LogP contribution in [-0.4, -0.2) is 74.9 Å². The third-order valence-corrected chi connectivity index (χ3v) is 4.22. The van der Waals surface area contributed by atoms with E-state index in [9.17, 15) is 19.0 Å². The summed E-state index contributed by atoms with van der Waals surface area (Å²) in [7, 11) is 1.35. The molecule has 0 rings (SSSR count). The van der Waals surface area contributed by atoms with Gasteiger partial charge in [-0.15, -0.1) is 11.8 Å². The van der Waals surface area contributed by atoms with Gasteiger partial charge in [-0.2, -0.15) is 0 Å². The standard InChI is InChI=1S/C20H32NO8P/c1-6-8-10-12-19(22)26-16-18(29-20(23)13-11-9-7-2)17-28-30(24,25)27-15-14-21(3,4)5/h18H,6-7,12-17H2,1-5H3/p+1/t18-/m1/s1. The molecule has 1 N–H and O–H groups in total. The predicted octanol–water partition coefficient (Wildman–Crippen LogP) is 1.89. The molecule has 170 valence electrons. The van der Waals surface area contributed by atoms with Crippen LogP contribution in [0.25, 0.3) is 0 Å². The van der Waals surface area contributed by atoms with Crippen LogP contribution in [0.5, 0.6) is 0 Å². The Bertz CT molecular complexity index is 708. The van der Waals surface area contributed by atoms with Crippen LogP contribution < -0.4 is 0 Å². The van der Waals surface area contributed by atoms with Gasteiger partial charge in [0.1, 0.15) is 32.6 Å². The summed E-state index contributed by atoms with van der Waals surface area (Å²) in [6.45, 7) is 3.34. The van der Waals surface area contributed by atoms with E-state index >= 15 is 0 Å². The molecule has 0 bridgehead atoms. The highest BCUT2D eigenvalue weighted by molar-refractivity contribution is 7.47. The van der Waals surface area contributed by atoms with E-state index in [1.165, 1.54) is 0 Å². The van der Waals surface area contributed by atoms with Crippen molar-refractivity contribution in [2.75, 3.05) is 47.5 Å². The van der Waals surface area contributed by atoms with Crippen LogP contribution in [0.15, 0.2) is 0 Å². The molecule has 0 heterocycles. The number of nitrogens with zero attached hydrogens (tertiary/aromatic N) is 1. The number of carbonyl (C=O) groups is 2. The smallest absolute Gasteiger partial charge is 0.461 e. The fourth-order valence-electron chi connectivity index (χ4n) is 1.74. The molecular weight excluding hydrogens is 413 g/mol. The zero-order chi connectivity index (χ0) is 23.0. The van der Waals surface area contributed by atoms with Gasteiger partial charge in [0.2, 0.25) is 0 Å². The van der Waals surface area contributed by atoms with E-state index in [1.54, 1.807) is 0 Å². The first kappa shape index (κ1) is 28.1. The van der Waals surface area contributed by atoms with Crippen molar-refractivity contribution < 1.29 is 42.1 Å². The Hall–Kier alpha value is -1.87. The Balaban J connectivity index is 4.78. The molecule has 0 spiro atoms. The number of ether oxygens (including phenoxy) is 2. The summed E-state index contributed by atoms with van der Waals surface area (Å²) in [4.78, 5) is 33.4. The van der Waals surface area contributed by atoms with E-state index in [0.717, 1.165) is 0 Å². The summed E-state index contributed by atoms with van der Waals surface area (Å²) in [5, 5.41) is 0. The van der Waals surface area contributed by atoms with E-state index in [4.69, 9.17) is 18.5 Å². The molecule has 0 aromatic rings. The molecule has 0 aromatic carbocycles. The SMILES string of the molecule is CCC#CCC(=O)OC[C@H](COP(=O)(O)OCC[N+](C)(C)C)OC(=O)CC#CCC. The first-order chi connectivity index (χ1) is 14.0. The lowest BCUT2D eigenvalue weighted by molar-refractivity contribution is -0.870. The molecule has 0 saturated carbocycles. The lowest BCUT2D eigenvalue weighted by Crippen LogP contribution is -2.37. The van der Waals surface area contributed by atoms with Crippen LogP contribution in [0.1, 0.15) is 39.5 Å². The fourth-order valence-corrected chi connectivity index (χ4v) is 2.49. The molecule has 0 amide bonds. The van der Waals surface area contributed by atoms with E-state index in [0.29, 0.717) is 23.9 Å².